The van der Waals surface area contributed by atoms with E-state index < -0.39 is 0 Å². The van der Waals surface area contributed by atoms with Gasteiger partial charge in [-0.25, -0.2) is 0 Å². The molecular formula is C16H19N5O2. The second kappa shape index (κ2) is 7.15. The van der Waals surface area contributed by atoms with Crippen LogP contribution in [0.5, 0.6) is 0 Å². The number of hydrogen-bond acceptors (Lipinski definition) is 7. The lowest BCUT2D eigenvalue weighted by molar-refractivity contribution is 0.101. The van der Waals surface area contributed by atoms with Crippen LogP contribution in [0.15, 0.2) is 30.5 Å². The topological polar surface area (TPSA) is 89.0 Å². The summed E-state index contributed by atoms with van der Waals surface area (Å²) in [5, 5.41) is 14.2. The van der Waals surface area contributed by atoms with E-state index in [1.807, 2.05) is 12.1 Å². The van der Waals surface area contributed by atoms with E-state index >= 15 is 0 Å². The number of nitrogens with zero attached hydrogens (tertiary/aromatic N) is 3. The first kappa shape index (κ1) is 15.4. The van der Waals surface area contributed by atoms with Gasteiger partial charge in [-0.2, -0.15) is 10.1 Å². The molecule has 1 fully saturated rings. The van der Waals surface area contributed by atoms with Crippen molar-refractivity contribution in [2.24, 2.45) is 0 Å². The Hall–Kier alpha value is -2.54. The molecule has 2 heterocycles. The highest BCUT2D eigenvalue weighted by Crippen LogP contribution is 2.16. The summed E-state index contributed by atoms with van der Waals surface area (Å²) in [5.41, 5.74) is 1.38. The molecule has 2 aromatic rings. The molecule has 1 unspecified atom stereocenters. The van der Waals surface area contributed by atoms with Gasteiger partial charge in [-0.15, -0.1) is 5.10 Å². The summed E-state index contributed by atoms with van der Waals surface area (Å²) in [6, 6.07) is 7.19. The lowest BCUT2D eigenvalue weighted by Crippen LogP contribution is -2.19. The monoisotopic (exact) mass is 313 g/mol. The molecule has 7 heteroatoms. The van der Waals surface area contributed by atoms with Crippen LogP contribution in [-0.4, -0.2) is 40.2 Å². The van der Waals surface area contributed by atoms with Gasteiger partial charge in [0.2, 0.25) is 5.95 Å². The Labute approximate surface area is 134 Å². The van der Waals surface area contributed by atoms with Crippen molar-refractivity contribution < 1.29 is 9.53 Å². The Bertz CT molecular complexity index is 686. The third-order valence-electron chi connectivity index (χ3n) is 3.62. The van der Waals surface area contributed by atoms with Crippen molar-refractivity contribution in [2.75, 3.05) is 23.8 Å². The Morgan fingerprint density at radius 3 is 3.13 bits per heavy atom. The number of hydrogen-bond donors (Lipinski definition) is 2. The minimum absolute atomic E-state index is 0.0136. The lowest BCUT2D eigenvalue weighted by atomic mass is 10.1. The molecule has 120 valence electrons. The van der Waals surface area contributed by atoms with Crippen molar-refractivity contribution in [2.45, 2.75) is 25.9 Å². The van der Waals surface area contributed by atoms with Gasteiger partial charge < -0.3 is 15.4 Å². The number of aromatic nitrogens is 3. The third kappa shape index (κ3) is 4.23. The van der Waals surface area contributed by atoms with Crippen LogP contribution in [0.3, 0.4) is 0 Å². The van der Waals surface area contributed by atoms with Crippen LogP contribution in [0.25, 0.3) is 0 Å². The average Bonchev–Trinajstić information content (AvgIpc) is 3.07. The van der Waals surface area contributed by atoms with E-state index in [-0.39, 0.29) is 11.9 Å². The molecule has 0 aliphatic carbocycles. The normalized spacial score (nSPS) is 17.0. The molecule has 3 rings (SSSR count). The van der Waals surface area contributed by atoms with Gasteiger partial charge in [0.1, 0.15) is 0 Å². The molecule has 0 bridgehead atoms. The second-order valence-corrected chi connectivity index (χ2v) is 5.44. The van der Waals surface area contributed by atoms with Gasteiger partial charge in [-0.3, -0.25) is 4.79 Å². The highest BCUT2D eigenvalue weighted by Gasteiger charge is 2.15. The van der Waals surface area contributed by atoms with Crippen LogP contribution >= 0.6 is 0 Å². The van der Waals surface area contributed by atoms with Crippen molar-refractivity contribution in [3.8, 4) is 0 Å². The molecule has 1 aliphatic rings. The maximum absolute atomic E-state index is 11.4. The molecule has 0 spiro atoms. The highest BCUT2D eigenvalue weighted by atomic mass is 16.5. The Kier molecular flexibility index (Phi) is 4.77. The molecule has 1 saturated heterocycles. The minimum atomic E-state index is 0.0136. The van der Waals surface area contributed by atoms with Crippen molar-refractivity contribution in [1.82, 2.24) is 15.2 Å². The zero-order valence-corrected chi connectivity index (χ0v) is 13.0. The first-order valence-corrected chi connectivity index (χ1v) is 7.64. The molecule has 23 heavy (non-hydrogen) atoms. The van der Waals surface area contributed by atoms with Gasteiger partial charge in [0.05, 0.1) is 12.3 Å². The third-order valence-corrected chi connectivity index (χ3v) is 3.62. The number of benzene rings is 1. The second-order valence-electron chi connectivity index (χ2n) is 5.44. The summed E-state index contributed by atoms with van der Waals surface area (Å²) in [6.45, 7) is 3.07. The van der Waals surface area contributed by atoms with Crippen molar-refractivity contribution in [1.29, 1.82) is 0 Å². The zero-order chi connectivity index (χ0) is 16.1. The summed E-state index contributed by atoms with van der Waals surface area (Å²) in [6.07, 6.45) is 3.97. The number of anilines is 3. The molecule has 0 saturated carbocycles. The van der Waals surface area contributed by atoms with Crippen LogP contribution < -0.4 is 10.6 Å². The Morgan fingerprint density at radius 1 is 1.43 bits per heavy atom. The molecule has 1 aromatic carbocycles. The van der Waals surface area contributed by atoms with Crippen LogP contribution in [-0.2, 0) is 4.74 Å². The zero-order valence-electron chi connectivity index (χ0n) is 13.0. The number of carbonyl (C=O) groups is 1. The summed E-state index contributed by atoms with van der Waals surface area (Å²) < 4.78 is 5.56. The van der Waals surface area contributed by atoms with E-state index in [0.717, 1.165) is 25.1 Å². The quantitative estimate of drug-likeness (QED) is 0.792. The van der Waals surface area contributed by atoms with E-state index in [9.17, 15) is 4.79 Å². The van der Waals surface area contributed by atoms with Crippen molar-refractivity contribution >= 4 is 23.2 Å². The fraction of sp³-hybridized carbons (Fsp3) is 0.375. The minimum Gasteiger partial charge on any atom is -0.376 e. The number of nitrogens with one attached hydrogen (secondary N) is 2. The largest absolute Gasteiger partial charge is 0.376 e. The van der Waals surface area contributed by atoms with Gasteiger partial charge >= 0.3 is 0 Å². The van der Waals surface area contributed by atoms with Crippen LogP contribution in [0.1, 0.15) is 30.1 Å². The van der Waals surface area contributed by atoms with E-state index in [0.29, 0.717) is 23.9 Å². The molecule has 1 aliphatic heterocycles. The number of rotatable bonds is 6. The fourth-order valence-corrected chi connectivity index (χ4v) is 2.41. The fourth-order valence-electron chi connectivity index (χ4n) is 2.41. The van der Waals surface area contributed by atoms with Crippen LogP contribution in [0.4, 0.5) is 17.5 Å². The number of Topliss-reactive ketones (excluding diaryl/α,β-unsaturated/α-hetero) is 1. The van der Waals surface area contributed by atoms with Crippen LogP contribution in [0.2, 0.25) is 0 Å². The Morgan fingerprint density at radius 2 is 2.35 bits per heavy atom. The summed E-state index contributed by atoms with van der Waals surface area (Å²) in [4.78, 5) is 15.8. The van der Waals surface area contributed by atoms with Gasteiger partial charge in [0.25, 0.3) is 0 Å². The number of carbonyl (C=O) groups excluding carboxylic acids is 1. The van der Waals surface area contributed by atoms with E-state index in [4.69, 9.17) is 4.74 Å². The highest BCUT2D eigenvalue weighted by molar-refractivity contribution is 5.95. The number of ketones is 1. The van der Waals surface area contributed by atoms with Gasteiger partial charge in [0, 0.05) is 24.4 Å². The predicted octanol–water partition coefficient (Wildman–Crippen LogP) is 2.41. The smallest absolute Gasteiger partial charge is 0.249 e. The molecule has 7 nitrogen and oxygen atoms in total. The molecule has 0 radical (unpaired) electrons. The van der Waals surface area contributed by atoms with Crippen molar-refractivity contribution in [3.05, 3.63) is 36.0 Å². The molecule has 1 atom stereocenters. The molecule has 1 aromatic heterocycles. The summed E-state index contributed by atoms with van der Waals surface area (Å²) in [5.74, 6) is 1.03. The maximum Gasteiger partial charge on any atom is 0.249 e. The Balaban J connectivity index is 1.64. The van der Waals surface area contributed by atoms with E-state index in [1.165, 1.54) is 6.92 Å². The predicted molar refractivity (Wildman–Crippen MR) is 87.0 cm³/mol. The van der Waals surface area contributed by atoms with E-state index in [1.54, 1.807) is 18.3 Å². The first-order valence-electron chi connectivity index (χ1n) is 7.64. The van der Waals surface area contributed by atoms with Gasteiger partial charge in [0.15, 0.2) is 11.6 Å². The SMILES string of the molecule is CC(=O)c1cccc(Nc2nncc(NCC3CCCO3)n2)c1. The molecular weight excluding hydrogens is 294 g/mol. The average molecular weight is 313 g/mol. The van der Waals surface area contributed by atoms with Gasteiger partial charge in [-0.1, -0.05) is 12.1 Å². The summed E-state index contributed by atoms with van der Waals surface area (Å²) >= 11 is 0. The standard InChI is InChI=1S/C16H19N5O2/c1-11(22)12-4-2-5-13(8-12)19-16-20-15(10-18-21-16)17-9-14-6-3-7-23-14/h2,4-5,8,10,14H,3,6-7,9H2,1H3,(H2,17,19,20,21). The first-order chi connectivity index (χ1) is 11.2. The van der Waals surface area contributed by atoms with E-state index in [2.05, 4.69) is 25.8 Å². The maximum atomic E-state index is 11.4. The number of ether oxygens (including phenoxy) is 1. The van der Waals surface area contributed by atoms with Crippen LogP contribution in [0, 0.1) is 0 Å². The molecule has 0 amide bonds. The molecule has 2 N–H and O–H groups in total. The summed E-state index contributed by atoms with van der Waals surface area (Å²) in [7, 11) is 0. The lowest BCUT2D eigenvalue weighted by Gasteiger charge is -2.11. The van der Waals surface area contributed by atoms with Gasteiger partial charge in [-0.05, 0) is 31.9 Å². The van der Waals surface area contributed by atoms with Crippen molar-refractivity contribution in [3.63, 3.8) is 0 Å².